The molecule has 1 aromatic heterocycles. The number of carbonyl (C=O) groups is 1. The maximum Gasteiger partial charge on any atom is 0.240 e. The smallest absolute Gasteiger partial charge is 0.240 e. The Hall–Kier alpha value is -1.84. The van der Waals surface area contributed by atoms with Crippen LogP contribution < -0.4 is 5.32 Å². The van der Waals surface area contributed by atoms with E-state index in [1.165, 1.54) is 0 Å². The van der Waals surface area contributed by atoms with Crippen molar-refractivity contribution in [2.24, 2.45) is 0 Å². The molecule has 6 heteroatoms. The molecule has 0 bridgehead atoms. The van der Waals surface area contributed by atoms with Gasteiger partial charge in [0.1, 0.15) is 17.4 Å². The number of aryl methyl sites for hydroxylation is 1. The van der Waals surface area contributed by atoms with Gasteiger partial charge in [0.25, 0.3) is 0 Å². The summed E-state index contributed by atoms with van der Waals surface area (Å²) in [6.07, 6.45) is 3.90. The highest BCUT2D eigenvalue weighted by molar-refractivity contribution is 5.92. The van der Waals surface area contributed by atoms with Gasteiger partial charge in [-0.2, -0.15) is 5.26 Å². The number of likely N-dealkylation sites (tertiary alicyclic amines) is 1. The van der Waals surface area contributed by atoms with Crippen molar-refractivity contribution in [1.82, 2.24) is 4.90 Å². The summed E-state index contributed by atoms with van der Waals surface area (Å²) in [5, 5.41) is 21.0. The fourth-order valence-corrected chi connectivity index (χ4v) is 2.94. The molecular weight excluding hydrogens is 282 g/mol. The standard InChI is InChI=1S/C16H23N3O3/c1-11-12(2)22-16(14(11)9-17)18-15(21)10-19-7-4-3-5-13(19)6-8-20/h13,20H,3-8,10H2,1-2H3,(H,18,21). The predicted octanol–water partition coefficient (Wildman–Crippen LogP) is 1.94. The van der Waals surface area contributed by atoms with E-state index < -0.39 is 0 Å². The maximum atomic E-state index is 12.2. The van der Waals surface area contributed by atoms with Crippen LogP contribution in [-0.4, -0.2) is 41.7 Å². The number of rotatable bonds is 5. The summed E-state index contributed by atoms with van der Waals surface area (Å²) >= 11 is 0. The van der Waals surface area contributed by atoms with Crippen molar-refractivity contribution in [3.8, 4) is 6.07 Å². The molecule has 2 rings (SSSR count). The van der Waals surface area contributed by atoms with E-state index in [-0.39, 0.29) is 31.0 Å². The number of hydrogen-bond donors (Lipinski definition) is 2. The molecule has 1 atom stereocenters. The van der Waals surface area contributed by atoms with E-state index in [1.807, 2.05) is 0 Å². The van der Waals surface area contributed by atoms with Gasteiger partial charge in [-0.1, -0.05) is 6.42 Å². The largest absolute Gasteiger partial charge is 0.444 e. The molecule has 6 nitrogen and oxygen atoms in total. The Morgan fingerprint density at radius 1 is 1.50 bits per heavy atom. The van der Waals surface area contributed by atoms with Crippen molar-refractivity contribution in [2.75, 3.05) is 25.0 Å². The van der Waals surface area contributed by atoms with Gasteiger partial charge in [0.05, 0.1) is 6.54 Å². The molecule has 120 valence electrons. The summed E-state index contributed by atoms with van der Waals surface area (Å²) in [5.41, 5.74) is 1.14. The first-order valence-corrected chi connectivity index (χ1v) is 7.71. The van der Waals surface area contributed by atoms with E-state index >= 15 is 0 Å². The average Bonchev–Trinajstić information content (AvgIpc) is 2.75. The Bertz CT molecular complexity index is 572. The Morgan fingerprint density at radius 2 is 2.27 bits per heavy atom. The third kappa shape index (κ3) is 3.67. The lowest BCUT2D eigenvalue weighted by Gasteiger charge is -2.34. The fraction of sp³-hybridized carbons (Fsp3) is 0.625. The molecular formula is C16H23N3O3. The Kier molecular flexibility index (Phi) is 5.58. The number of furan rings is 1. The summed E-state index contributed by atoms with van der Waals surface area (Å²) < 4.78 is 5.46. The van der Waals surface area contributed by atoms with Crippen LogP contribution in [0.15, 0.2) is 4.42 Å². The summed E-state index contributed by atoms with van der Waals surface area (Å²) in [4.78, 5) is 14.3. The minimum Gasteiger partial charge on any atom is -0.444 e. The molecule has 0 saturated carbocycles. The van der Waals surface area contributed by atoms with Crippen molar-refractivity contribution in [3.63, 3.8) is 0 Å². The van der Waals surface area contributed by atoms with E-state index in [0.29, 0.717) is 17.7 Å². The molecule has 0 spiro atoms. The van der Waals surface area contributed by atoms with Gasteiger partial charge in [-0.25, -0.2) is 0 Å². The number of piperidine rings is 1. The van der Waals surface area contributed by atoms with E-state index in [0.717, 1.165) is 31.4 Å². The second kappa shape index (κ2) is 7.43. The Balaban J connectivity index is 2.00. The second-order valence-electron chi connectivity index (χ2n) is 5.78. The molecule has 1 aliphatic heterocycles. The van der Waals surface area contributed by atoms with Crippen molar-refractivity contribution < 1.29 is 14.3 Å². The quantitative estimate of drug-likeness (QED) is 0.867. The van der Waals surface area contributed by atoms with Gasteiger partial charge in [-0.05, 0) is 39.7 Å². The van der Waals surface area contributed by atoms with Crippen LogP contribution in [0.2, 0.25) is 0 Å². The van der Waals surface area contributed by atoms with Crippen molar-refractivity contribution in [2.45, 2.75) is 45.6 Å². The molecule has 1 aliphatic rings. The Morgan fingerprint density at radius 3 is 2.95 bits per heavy atom. The Labute approximate surface area is 130 Å². The molecule has 2 heterocycles. The first kappa shape index (κ1) is 16.5. The summed E-state index contributed by atoms with van der Waals surface area (Å²) in [5.74, 6) is 0.691. The van der Waals surface area contributed by atoms with E-state index in [2.05, 4.69) is 16.3 Å². The highest BCUT2D eigenvalue weighted by Crippen LogP contribution is 2.25. The summed E-state index contributed by atoms with van der Waals surface area (Å²) in [6, 6.07) is 2.32. The monoisotopic (exact) mass is 305 g/mol. The van der Waals surface area contributed by atoms with Crippen LogP contribution in [0.4, 0.5) is 5.88 Å². The molecule has 0 aliphatic carbocycles. The zero-order valence-corrected chi connectivity index (χ0v) is 13.2. The molecule has 22 heavy (non-hydrogen) atoms. The van der Waals surface area contributed by atoms with E-state index in [4.69, 9.17) is 14.8 Å². The van der Waals surface area contributed by atoms with Gasteiger partial charge in [-0.15, -0.1) is 0 Å². The van der Waals surface area contributed by atoms with E-state index in [9.17, 15) is 4.79 Å². The number of nitriles is 1. The van der Waals surface area contributed by atoms with Crippen molar-refractivity contribution in [3.05, 3.63) is 16.9 Å². The van der Waals surface area contributed by atoms with Gasteiger partial charge in [0.2, 0.25) is 11.8 Å². The molecule has 0 radical (unpaired) electrons. The summed E-state index contributed by atoms with van der Waals surface area (Å²) in [7, 11) is 0. The lowest BCUT2D eigenvalue weighted by molar-refractivity contribution is -0.118. The maximum absolute atomic E-state index is 12.2. The molecule has 2 N–H and O–H groups in total. The van der Waals surface area contributed by atoms with Crippen LogP contribution in [0.3, 0.4) is 0 Å². The number of aliphatic hydroxyl groups is 1. The molecule has 1 fully saturated rings. The third-order valence-electron chi connectivity index (χ3n) is 4.31. The highest BCUT2D eigenvalue weighted by atomic mass is 16.4. The fourth-order valence-electron chi connectivity index (χ4n) is 2.94. The molecule has 1 aromatic rings. The normalized spacial score (nSPS) is 18.9. The highest BCUT2D eigenvalue weighted by Gasteiger charge is 2.25. The van der Waals surface area contributed by atoms with Gasteiger partial charge in [0, 0.05) is 18.2 Å². The lowest BCUT2D eigenvalue weighted by Crippen LogP contribution is -2.44. The van der Waals surface area contributed by atoms with Crippen LogP contribution >= 0.6 is 0 Å². The predicted molar refractivity (Wildman–Crippen MR) is 82.4 cm³/mol. The van der Waals surface area contributed by atoms with Gasteiger partial charge in [-0.3, -0.25) is 15.0 Å². The minimum atomic E-state index is -0.185. The number of carbonyl (C=O) groups excluding carboxylic acids is 1. The molecule has 1 amide bonds. The molecule has 1 saturated heterocycles. The van der Waals surface area contributed by atoms with Crippen LogP contribution in [0, 0.1) is 25.2 Å². The van der Waals surface area contributed by atoms with Gasteiger partial charge >= 0.3 is 0 Å². The zero-order chi connectivity index (χ0) is 16.1. The molecule has 0 aromatic carbocycles. The third-order valence-corrected chi connectivity index (χ3v) is 4.31. The van der Waals surface area contributed by atoms with Crippen molar-refractivity contribution in [1.29, 1.82) is 5.26 Å². The number of hydrogen-bond acceptors (Lipinski definition) is 5. The number of nitrogens with one attached hydrogen (secondary N) is 1. The van der Waals surface area contributed by atoms with Crippen LogP contribution in [-0.2, 0) is 4.79 Å². The lowest BCUT2D eigenvalue weighted by atomic mass is 10.00. The average molecular weight is 305 g/mol. The first-order chi connectivity index (χ1) is 10.6. The van der Waals surface area contributed by atoms with Gasteiger partial charge < -0.3 is 9.52 Å². The topological polar surface area (TPSA) is 89.5 Å². The van der Waals surface area contributed by atoms with Crippen molar-refractivity contribution >= 4 is 11.8 Å². The SMILES string of the molecule is Cc1oc(NC(=O)CN2CCCCC2CCO)c(C#N)c1C. The van der Waals surface area contributed by atoms with Crippen LogP contribution in [0.25, 0.3) is 0 Å². The van der Waals surface area contributed by atoms with Crippen LogP contribution in [0.1, 0.15) is 42.6 Å². The second-order valence-corrected chi connectivity index (χ2v) is 5.78. The number of anilines is 1. The number of nitrogens with zero attached hydrogens (tertiary/aromatic N) is 2. The molecule has 1 unspecified atom stereocenters. The van der Waals surface area contributed by atoms with Gasteiger partial charge in [0.15, 0.2) is 0 Å². The summed E-state index contributed by atoms with van der Waals surface area (Å²) in [6.45, 7) is 4.83. The number of aliphatic hydroxyl groups excluding tert-OH is 1. The zero-order valence-electron chi connectivity index (χ0n) is 13.2. The van der Waals surface area contributed by atoms with E-state index in [1.54, 1.807) is 13.8 Å². The minimum absolute atomic E-state index is 0.137. The van der Waals surface area contributed by atoms with Crippen LogP contribution in [0.5, 0.6) is 0 Å². The number of amides is 1. The first-order valence-electron chi connectivity index (χ1n) is 7.71.